The zero-order chi connectivity index (χ0) is 14.8. The highest BCUT2D eigenvalue weighted by molar-refractivity contribution is 5.76. The Hall–Kier alpha value is -1.65. The third-order valence-corrected chi connectivity index (χ3v) is 4.42. The van der Waals surface area contributed by atoms with Crippen LogP contribution in [0, 0.1) is 5.92 Å². The zero-order valence-corrected chi connectivity index (χ0v) is 12.9. The van der Waals surface area contributed by atoms with Crippen molar-refractivity contribution in [2.45, 2.75) is 64.5 Å². The van der Waals surface area contributed by atoms with Gasteiger partial charge in [-0.05, 0) is 25.2 Å². The third-order valence-electron chi connectivity index (χ3n) is 4.42. The van der Waals surface area contributed by atoms with Crippen molar-refractivity contribution < 1.29 is 4.79 Å². The highest BCUT2D eigenvalue weighted by Crippen LogP contribution is 2.22. The molecule has 0 radical (unpaired) electrons. The Labute approximate surface area is 125 Å². The minimum atomic E-state index is 0.180. The number of carbonyl (C=O) groups is 1. The Balaban J connectivity index is 1.59. The summed E-state index contributed by atoms with van der Waals surface area (Å²) in [7, 11) is 0. The summed E-state index contributed by atoms with van der Waals surface area (Å²) in [4.78, 5) is 12.2. The summed E-state index contributed by atoms with van der Waals surface area (Å²) >= 11 is 0. The van der Waals surface area contributed by atoms with Gasteiger partial charge in [-0.1, -0.05) is 26.0 Å². The van der Waals surface area contributed by atoms with E-state index in [2.05, 4.69) is 46.1 Å². The number of nitrogens with one attached hydrogen (secondary N) is 1. The summed E-state index contributed by atoms with van der Waals surface area (Å²) in [5, 5.41) is 11.7. The fraction of sp³-hybridized carbons (Fsp3) is 0.688. The maximum absolute atomic E-state index is 12.2. The van der Waals surface area contributed by atoms with E-state index in [9.17, 15) is 4.79 Å². The van der Waals surface area contributed by atoms with E-state index in [1.54, 1.807) is 0 Å². The molecule has 1 aliphatic heterocycles. The molecule has 0 unspecified atom stereocenters. The number of rotatable bonds is 4. The van der Waals surface area contributed by atoms with Gasteiger partial charge in [-0.2, -0.15) is 0 Å². The predicted octanol–water partition coefficient (Wildman–Crippen LogP) is 2.19. The molecule has 0 saturated heterocycles. The lowest BCUT2D eigenvalue weighted by molar-refractivity contribution is -0.122. The number of fused-ring (bicyclic) bond motifs is 1. The smallest absolute Gasteiger partial charge is 0.220 e. The SMILES string of the molecule is CC(C)c1nnc2n1C[C@H](NC(=O)C[C@@H]1C=CCC1)CC2. The molecule has 114 valence electrons. The normalized spacial score (nSPS) is 24.3. The minimum absolute atomic E-state index is 0.180. The lowest BCUT2D eigenvalue weighted by Crippen LogP contribution is -2.41. The Kier molecular flexibility index (Phi) is 4.08. The number of carbonyl (C=O) groups excluding carboxylic acids is 1. The minimum Gasteiger partial charge on any atom is -0.352 e. The maximum atomic E-state index is 12.2. The molecular formula is C16H24N4O. The molecule has 0 aromatic carbocycles. The van der Waals surface area contributed by atoms with Crippen LogP contribution in [-0.4, -0.2) is 26.7 Å². The van der Waals surface area contributed by atoms with Gasteiger partial charge >= 0.3 is 0 Å². The molecule has 1 aliphatic carbocycles. The van der Waals surface area contributed by atoms with Crippen LogP contribution in [0.2, 0.25) is 0 Å². The van der Waals surface area contributed by atoms with Crippen molar-refractivity contribution in [2.75, 3.05) is 0 Å². The van der Waals surface area contributed by atoms with Gasteiger partial charge < -0.3 is 9.88 Å². The zero-order valence-electron chi connectivity index (χ0n) is 12.9. The van der Waals surface area contributed by atoms with Crippen LogP contribution in [-0.2, 0) is 17.8 Å². The second kappa shape index (κ2) is 6.00. The van der Waals surface area contributed by atoms with E-state index in [1.165, 1.54) is 0 Å². The average molecular weight is 288 g/mol. The average Bonchev–Trinajstić information content (AvgIpc) is 3.06. The van der Waals surface area contributed by atoms with E-state index in [1.807, 2.05) is 0 Å². The van der Waals surface area contributed by atoms with Crippen LogP contribution in [0.4, 0.5) is 0 Å². The Morgan fingerprint density at radius 3 is 3.00 bits per heavy atom. The van der Waals surface area contributed by atoms with Crippen LogP contribution in [0.5, 0.6) is 0 Å². The first-order valence-corrected chi connectivity index (χ1v) is 8.01. The van der Waals surface area contributed by atoms with Crippen LogP contribution in [0.1, 0.15) is 57.1 Å². The monoisotopic (exact) mass is 288 g/mol. The number of amides is 1. The number of nitrogens with zero attached hydrogens (tertiary/aromatic N) is 3. The first kappa shape index (κ1) is 14.3. The first-order valence-electron chi connectivity index (χ1n) is 8.01. The van der Waals surface area contributed by atoms with Crippen LogP contribution in [0.15, 0.2) is 12.2 Å². The third kappa shape index (κ3) is 3.17. The van der Waals surface area contributed by atoms with Crippen LogP contribution in [0.25, 0.3) is 0 Å². The van der Waals surface area contributed by atoms with E-state index in [0.29, 0.717) is 18.3 Å². The highest BCUT2D eigenvalue weighted by atomic mass is 16.1. The fourth-order valence-corrected chi connectivity index (χ4v) is 3.28. The molecule has 1 amide bonds. The molecule has 2 atom stereocenters. The van der Waals surface area contributed by atoms with Crippen molar-refractivity contribution in [3.8, 4) is 0 Å². The summed E-state index contributed by atoms with van der Waals surface area (Å²) in [6, 6.07) is 0.212. The Morgan fingerprint density at radius 2 is 2.29 bits per heavy atom. The van der Waals surface area contributed by atoms with Gasteiger partial charge in [-0.15, -0.1) is 10.2 Å². The van der Waals surface area contributed by atoms with Gasteiger partial charge in [0.15, 0.2) is 0 Å². The Bertz CT molecular complexity index is 546. The van der Waals surface area contributed by atoms with Gasteiger partial charge in [0, 0.05) is 31.3 Å². The van der Waals surface area contributed by atoms with Crippen LogP contribution >= 0.6 is 0 Å². The summed E-state index contributed by atoms with van der Waals surface area (Å²) < 4.78 is 2.19. The van der Waals surface area contributed by atoms with E-state index >= 15 is 0 Å². The maximum Gasteiger partial charge on any atom is 0.220 e. The van der Waals surface area contributed by atoms with E-state index < -0.39 is 0 Å². The Morgan fingerprint density at radius 1 is 1.43 bits per heavy atom. The highest BCUT2D eigenvalue weighted by Gasteiger charge is 2.25. The van der Waals surface area contributed by atoms with Gasteiger partial charge in [0.05, 0.1) is 0 Å². The van der Waals surface area contributed by atoms with Gasteiger partial charge in [-0.3, -0.25) is 4.79 Å². The number of allylic oxidation sites excluding steroid dienone is 2. The summed E-state index contributed by atoms with van der Waals surface area (Å²) in [6.07, 6.45) is 9.07. The topological polar surface area (TPSA) is 59.8 Å². The molecule has 0 spiro atoms. The van der Waals surface area contributed by atoms with Gasteiger partial charge in [0.25, 0.3) is 0 Å². The molecule has 0 fully saturated rings. The second-order valence-corrected chi connectivity index (χ2v) is 6.51. The van der Waals surface area contributed by atoms with Gasteiger partial charge in [0.1, 0.15) is 11.6 Å². The number of hydrogen-bond acceptors (Lipinski definition) is 3. The molecule has 2 heterocycles. The molecule has 21 heavy (non-hydrogen) atoms. The van der Waals surface area contributed by atoms with E-state index in [-0.39, 0.29) is 11.9 Å². The van der Waals surface area contributed by atoms with E-state index in [4.69, 9.17) is 0 Å². The number of hydrogen-bond donors (Lipinski definition) is 1. The van der Waals surface area contributed by atoms with Crippen molar-refractivity contribution >= 4 is 5.91 Å². The van der Waals surface area contributed by atoms with E-state index in [0.717, 1.165) is 43.9 Å². The molecule has 2 aliphatic rings. The van der Waals surface area contributed by atoms with Crippen molar-refractivity contribution in [3.63, 3.8) is 0 Å². The summed E-state index contributed by atoms with van der Waals surface area (Å²) in [5.41, 5.74) is 0. The predicted molar refractivity (Wildman–Crippen MR) is 80.8 cm³/mol. The molecule has 0 bridgehead atoms. The van der Waals surface area contributed by atoms with Gasteiger partial charge in [0.2, 0.25) is 5.91 Å². The molecule has 1 aromatic heterocycles. The lowest BCUT2D eigenvalue weighted by atomic mass is 10.0. The van der Waals surface area contributed by atoms with Gasteiger partial charge in [-0.25, -0.2) is 0 Å². The van der Waals surface area contributed by atoms with Crippen LogP contribution in [0.3, 0.4) is 0 Å². The summed E-state index contributed by atoms with van der Waals surface area (Å²) in [5.74, 6) is 3.07. The molecule has 1 aromatic rings. The molecule has 1 N–H and O–H groups in total. The quantitative estimate of drug-likeness (QED) is 0.864. The van der Waals surface area contributed by atoms with Crippen LogP contribution < -0.4 is 5.32 Å². The summed E-state index contributed by atoms with van der Waals surface area (Å²) in [6.45, 7) is 5.07. The molecular weight excluding hydrogens is 264 g/mol. The van der Waals surface area contributed by atoms with Crippen molar-refractivity contribution in [3.05, 3.63) is 23.8 Å². The fourth-order valence-electron chi connectivity index (χ4n) is 3.28. The number of aryl methyl sites for hydroxylation is 1. The van der Waals surface area contributed by atoms with Crippen molar-refractivity contribution in [1.29, 1.82) is 0 Å². The molecule has 0 saturated carbocycles. The number of aromatic nitrogens is 3. The first-order chi connectivity index (χ1) is 10.1. The van der Waals surface area contributed by atoms with Crippen molar-refractivity contribution in [1.82, 2.24) is 20.1 Å². The standard InChI is InChI=1S/C16H24N4O/c1-11(2)16-19-18-14-8-7-13(10-20(14)16)17-15(21)9-12-5-3-4-6-12/h3,5,11-13H,4,6-10H2,1-2H3,(H,17,21)/t12-,13-/m1/s1. The molecule has 5 heteroatoms. The van der Waals surface area contributed by atoms with Crippen molar-refractivity contribution in [2.24, 2.45) is 5.92 Å². The molecule has 3 rings (SSSR count). The largest absolute Gasteiger partial charge is 0.352 e. The molecule has 5 nitrogen and oxygen atoms in total. The second-order valence-electron chi connectivity index (χ2n) is 6.51. The lowest BCUT2D eigenvalue weighted by Gasteiger charge is -2.26.